The fourth-order valence-corrected chi connectivity index (χ4v) is 5.94. The van der Waals surface area contributed by atoms with Gasteiger partial charge in [-0.05, 0) is 98.4 Å². The van der Waals surface area contributed by atoms with E-state index in [0.717, 1.165) is 40.6 Å². The van der Waals surface area contributed by atoms with Gasteiger partial charge in [-0.1, -0.05) is 18.2 Å². The number of benzene rings is 2. The monoisotopic (exact) mass is 677 g/mol. The van der Waals surface area contributed by atoms with Crippen molar-refractivity contribution < 1.29 is 19.0 Å². The Bertz CT molecular complexity index is 1700. The molecule has 4 aromatic rings. The number of likely N-dealkylation sites (tertiary alicyclic amines) is 1. The molecular weight excluding hydrogens is 638 g/mol. The lowest BCUT2D eigenvalue weighted by Crippen LogP contribution is -2.50. The highest BCUT2D eigenvalue weighted by atomic mass is 79.9. The summed E-state index contributed by atoms with van der Waals surface area (Å²) in [7, 11) is 3.63. The van der Waals surface area contributed by atoms with E-state index in [2.05, 4.69) is 30.8 Å². The van der Waals surface area contributed by atoms with Crippen molar-refractivity contribution in [3.05, 3.63) is 87.0 Å². The third-order valence-corrected chi connectivity index (χ3v) is 8.39. The minimum Gasteiger partial charge on any atom is -0.497 e. The molecule has 1 aliphatic rings. The number of amides is 1. The van der Waals surface area contributed by atoms with Crippen LogP contribution in [0, 0.1) is 0 Å². The van der Waals surface area contributed by atoms with Gasteiger partial charge in [-0.25, -0.2) is 14.8 Å². The molecule has 1 aliphatic heterocycles. The average molecular weight is 679 g/mol. The Balaban J connectivity index is 1.37. The van der Waals surface area contributed by atoms with Gasteiger partial charge in [0.2, 0.25) is 0 Å². The van der Waals surface area contributed by atoms with E-state index in [9.17, 15) is 9.59 Å². The summed E-state index contributed by atoms with van der Waals surface area (Å²) < 4.78 is 19.2. The van der Waals surface area contributed by atoms with Crippen molar-refractivity contribution in [3.63, 3.8) is 0 Å². The number of carbonyl (C=O) groups excluding carboxylic acids is 1. The lowest BCUT2D eigenvalue weighted by molar-refractivity contribution is 0.00587. The van der Waals surface area contributed by atoms with Gasteiger partial charge in [-0.15, -0.1) is 0 Å². The van der Waals surface area contributed by atoms with Gasteiger partial charge in [0.15, 0.2) is 5.65 Å². The predicted octanol–water partition coefficient (Wildman–Crippen LogP) is 6.35. The number of carbonyl (C=O) groups is 1. The second-order valence-electron chi connectivity index (χ2n) is 12.4. The first kappa shape index (κ1) is 32.4. The molecule has 2 aromatic heterocycles. The van der Waals surface area contributed by atoms with Crippen molar-refractivity contribution in [3.8, 4) is 17.2 Å². The SMILES string of the molecule is COc1ccc(COc2cccc(-n3cnc4ncc(Br)c(CN(C)CC5CCCCN5C(=O)OC(C)(C)C)c4c3=O)c2)cc1. The van der Waals surface area contributed by atoms with Crippen molar-refractivity contribution >= 4 is 33.1 Å². The normalized spacial score (nSPS) is 15.4. The molecule has 10 nitrogen and oxygen atoms in total. The summed E-state index contributed by atoms with van der Waals surface area (Å²) in [6.45, 7) is 7.80. The highest BCUT2D eigenvalue weighted by molar-refractivity contribution is 9.10. The van der Waals surface area contributed by atoms with E-state index in [1.165, 1.54) is 10.9 Å². The summed E-state index contributed by atoms with van der Waals surface area (Å²) in [4.78, 5) is 40.0. The molecule has 3 heterocycles. The molecule has 0 bridgehead atoms. The number of halogens is 1. The van der Waals surface area contributed by atoms with E-state index in [-0.39, 0.29) is 17.7 Å². The van der Waals surface area contributed by atoms with E-state index in [0.29, 0.717) is 48.7 Å². The zero-order valence-electron chi connectivity index (χ0n) is 26.5. The Morgan fingerprint density at radius 1 is 1.09 bits per heavy atom. The predicted molar refractivity (Wildman–Crippen MR) is 177 cm³/mol. The molecule has 0 saturated carbocycles. The summed E-state index contributed by atoms with van der Waals surface area (Å²) in [6, 6.07) is 15.1. The standard InChI is InChI=1S/C34H40BrN5O5/c1-34(2,3)45-33(42)39-16-7-6-9-25(39)19-38(4)20-28-29(35)18-36-31-30(28)32(41)40(22-37-31)24-10-8-11-27(17-24)44-21-23-12-14-26(43-5)15-13-23/h8,10-15,17-18,22,25H,6-7,9,16,19-21H2,1-5H3. The molecule has 1 fully saturated rings. The average Bonchev–Trinajstić information content (AvgIpc) is 3.01. The first-order valence-electron chi connectivity index (χ1n) is 15.1. The molecule has 238 valence electrons. The summed E-state index contributed by atoms with van der Waals surface area (Å²) in [6.07, 6.45) is 5.81. The van der Waals surface area contributed by atoms with Crippen molar-refractivity contribution in [1.82, 2.24) is 24.3 Å². The largest absolute Gasteiger partial charge is 0.497 e. The Hall–Kier alpha value is -3.96. The van der Waals surface area contributed by atoms with Crippen LogP contribution in [0.4, 0.5) is 4.79 Å². The van der Waals surface area contributed by atoms with Crippen LogP contribution in [0.1, 0.15) is 51.2 Å². The summed E-state index contributed by atoms with van der Waals surface area (Å²) in [5.74, 6) is 1.41. The number of likely N-dealkylation sites (N-methyl/N-ethyl adjacent to an activating group) is 1. The molecule has 1 unspecified atom stereocenters. The summed E-state index contributed by atoms with van der Waals surface area (Å²) >= 11 is 3.64. The van der Waals surface area contributed by atoms with Crippen LogP contribution in [0.15, 0.2) is 70.3 Å². The van der Waals surface area contributed by atoms with Gasteiger partial charge in [0.1, 0.15) is 30.0 Å². The number of ether oxygens (including phenoxy) is 3. The number of hydrogen-bond acceptors (Lipinski definition) is 8. The maximum absolute atomic E-state index is 14.0. The van der Waals surface area contributed by atoms with Crippen molar-refractivity contribution in [1.29, 1.82) is 0 Å². The van der Waals surface area contributed by atoms with Crippen LogP contribution in [-0.2, 0) is 17.9 Å². The number of hydrogen-bond donors (Lipinski definition) is 0. The summed E-state index contributed by atoms with van der Waals surface area (Å²) in [5, 5.41) is 0.441. The topological polar surface area (TPSA) is 99.0 Å². The molecule has 11 heteroatoms. The first-order chi connectivity index (χ1) is 21.5. The quantitative estimate of drug-likeness (QED) is 0.202. The van der Waals surface area contributed by atoms with Crippen LogP contribution in [-0.4, -0.2) is 69.3 Å². The van der Waals surface area contributed by atoms with E-state index < -0.39 is 5.60 Å². The Labute approximate surface area is 272 Å². The highest BCUT2D eigenvalue weighted by Crippen LogP contribution is 2.26. The smallest absolute Gasteiger partial charge is 0.410 e. The molecule has 0 aliphatic carbocycles. The van der Waals surface area contributed by atoms with Crippen molar-refractivity contribution in [2.75, 3.05) is 27.2 Å². The van der Waals surface area contributed by atoms with E-state index in [1.54, 1.807) is 13.3 Å². The molecule has 0 spiro atoms. The van der Waals surface area contributed by atoms with Crippen molar-refractivity contribution in [2.45, 2.75) is 64.8 Å². The maximum Gasteiger partial charge on any atom is 0.410 e. The van der Waals surface area contributed by atoms with Gasteiger partial charge in [0.25, 0.3) is 5.56 Å². The summed E-state index contributed by atoms with van der Waals surface area (Å²) in [5.41, 5.74) is 2.02. The Morgan fingerprint density at radius 2 is 1.87 bits per heavy atom. The third kappa shape index (κ3) is 8.01. The minimum atomic E-state index is -0.555. The van der Waals surface area contributed by atoms with Crippen LogP contribution in [0.2, 0.25) is 0 Å². The number of piperidine rings is 1. The molecule has 2 aromatic carbocycles. The molecule has 0 radical (unpaired) electrons. The van der Waals surface area contributed by atoms with Crippen LogP contribution < -0.4 is 15.0 Å². The van der Waals surface area contributed by atoms with Gasteiger partial charge in [0, 0.05) is 42.4 Å². The van der Waals surface area contributed by atoms with Crippen LogP contribution in [0.5, 0.6) is 11.5 Å². The Morgan fingerprint density at radius 3 is 2.60 bits per heavy atom. The maximum atomic E-state index is 14.0. The van der Waals surface area contributed by atoms with Gasteiger partial charge < -0.3 is 19.1 Å². The molecule has 5 rings (SSSR count). The molecule has 0 N–H and O–H groups in total. The highest BCUT2D eigenvalue weighted by Gasteiger charge is 2.31. The van der Waals surface area contributed by atoms with Gasteiger partial charge in [-0.2, -0.15) is 0 Å². The zero-order chi connectivity index (χ0) is 32.1. The van der Waals surface area contributed by atoms with Crippen molar-refractivity contribution in [2.24, 2.45) is 0 Å². The van der Waals surface area contributed by atoms with E-state index in [1.807, 2.05) is 81.2 Å². The molecule has 45 heavy (non-hydrogen) atoms. The number of rotatable bonds is 9. The molecule has 1 amide bonds. The van der Waals surface area contributed by atoms with Crippen LogP contribution >= 0.6 is 15.9 Å². The number of pyridine rings is 1. The number of nitrogens with zero attached hydrogens (tertiary/aromatic N) is 5. The first-order valence-corrected chi connectivity index (χ1v) is 15.9. The Kier molecular flexibility index (Phi) is 10.1. The second kappa shape index (κ2) is 14.0. The van der Waals surface area contributed by atoms with Gasteiger partial charge in [0.05, 0.1) is 18.2 Å². The number of aromatic nitrogens is 3. The zero-order valence-corrected chi connectivity index (χ0v) is 28.0. The van der Waals surface area contributed by atoms with Crippen LogP contribution in [0.25, 0.3) is 16.7 Å². The minimum absolute atomic E-state index is 0.0147. The fraction of sp³-hybridized carbons (Fsp3) is 0.412. The lowest BCUT2D eigenvalue weighted by atomic mass is 10.0. The molecule has 1 saturated heterocycles. The lowest BCUT2D eigenvalue weighted by Gasteiger charge is -2.38. The molecule has 1 atom stereocenters. The van der Waals surface area contributed by atoms with Crippen LogP contribution in [0.3, 0.4) is 0 Å². The molecular formula is C34H40BrN5O5. The number of fused-ring (bicyclic) bond motifs is 1. The van der Waals surface area contributed by atoms with E-state index >= 15 is 0 Å². The van der Waals surface area contributed by atoms with E-state index in [4.69, 9.17) is 14.2 Å². The fourth-order valence-electron chi connectivity index (χ4n) is 5.52. The van der Waals surface area contributed by atoms with Gasteiger partial charge in [-0.3, -0.25) is 14.3 Å². The second-order valence-corrected chi connectivity index (χ2v) is 13.2. The van der Waals surface area contributed by atoms with Gasteiger partial charge >= 0.3 is 6.09 Å². The third-order valence-electron chi connectivity index (χ3n) is 7.71. The number of methoxy groups -OCH3 is 1.